The summed E-state index contributed by atoms with van der Waals surface area (Å²) in [6, 6.07) is 6.92. The number of hydrogen-bond acceptors (Lipinski definition) is 6. The summed E-state index contributed by atoms with van der Waals surface area (Å²) in [6.45, 7) is -0.295. The summed E-state index contributed by atoms with van der Waals surface area (Å²) >= 11 is 0.984. The minimum Gasteiger partial charge on any atom is -0.468 e. The Labute approximate surface area is 212 Å². The van der Waals surface area contributed by atoms with Gasteiger partial charge in [-0.1, -0.05) is 23.5 Å². The number of anilines is 1. The van der Waals surface area contributed by atoms with Crippen LogP contribution in [0.1, 0.15) is 35.6 Å². The normalized spacial score (nSPS) is 20.4. The van der Waals surface area contributed by atoms with E-state index in [9.17, 15) is 32.3 Å². The monoisotopic (exact) mass is 533 g/mol. The molecule has 37 heavy (non-hydrogen) atoms. The van der Waals surface area contributed by atoms with Crippen molar-refractivity contribution in [3.05, 3.63) is 62.8 Å². The van der Waals surface area contributed by atoms with Crippen LogP contribution in [0.25, 0.3) is 10.2 Å². The molecule has 0 bridgehead atoms. The first kappa shape index (κ1) is 25.0. The molecule has 8 nitrogen and oxygen atoms in total. The summed E-state index contributed by atoms with van der Waals surface area (Å²) in [6.07, 6.45) is -3.84. The lowest BCUT2D eigenvalue weighted by molar-refractivity contribution is -0.153. The first-order valence-corrected chi connectivity index (χ1v) is 12.4. The summed E-state index contributed by atoms with van der Waals surface area (Å²) in [5.41, 5.74) is 0.504. The lowest BCUT2D eigenvalue weighted by Gasteiger charge is -2.43. The number of ether oxygens (including phenoxy) is 1. The Kier molecular flexibility index (Phi) is 6.09. The van der Waals surface area contributed by atoms with Gasteiger partial charge in [0.05, 0.1) is 35.5 Å². The summed E-state index contributed by atoms with van der Waals surface area (Å²) in [5, 5.41) is 0. The summed E-state index contributed by atoms with van der Waals surface area (Å²) in [7, 11) is 2.75. The molecule has 3 aromatic rings. The van der Waals surface area contributed by atoms with Gasteiger partial charge >= 0.3 is 23.0 Å². The second-order valence-corrected chi connectivity index (χ2v) is 10.0. The van der Waals surface area contributed by atoms with E-state index in [2.05, 4.69) is 0 Å². The number of methoxy groups -OCH3 is 1. The fraction of sp³-hybridized carbons (Fsp3) is 0.360. The zero-order valence-corrected chi connectivity index (χ0v) is 20.7. The van der Waals surface area contributed by atoms with Gasteiger partial charge in [-0.05, 0) is 54.7 Å². The predicted molar refractivity (Wildman–Crippen MR) is 129 cm³/mol. The van der Waals surface area contributed by atoms with E-state index >= 15 is 0 Å². The lowest BCUT2D eigenvalue weighted by atomic mass is 9.83. The highest BCUT2D eigenvalue weighted by molar-refractivity contribution is 7.16. The van der Waals surface area contributed by atoms with E-state index in [1.165, 1.54) is 21.6 Å². The number of carbonyl (C=O) groups is 3. The van der Waals surface area contributed by atoms with Crippen LogP contribution >= 0.6 is 11.3 Å². The van der Waals surface area contributed by atoms with Gasteiger partial charge in [-0.3, -0.25) is 24.2 Å². The number of carbonyl (C=O) groups excluding carboxylic acids is 3. The maximum Gasteiger partial charge on any atom is 0.416 e. The Morgan fingerprint density at radius 1 is 1.14 bits per heavy atom. The van der Waals surface area contributed by atoms with Crippen molar-refractivity contribution in [2.24, 2.45) is 13.0 Å². The van der Waals surface area contributed by atoms with Gasteiger partial charge in [-0.15, -0.1) is 0 Å². The molecule has 3 amide bonds. The Morgan fingerprint density at radius 3 is 2.59 bits per heavy atom. The molecule has 1 aromatic heterocycles. The third-order valence-corrected chi connectivity index (χ3v) is 8.00. The van der Waals surface area contributed by atoms with E-state index in [0.717, 1.165) is 29.4 Å². The molecule has 1 unspecified atom stereocenters. The smallest absolute Gasteiger partial charge is 0.416 e. The zero-order valence-electron chi connectivity index (χ0n) is 19.9. The van der Waals surface area contributed by atoms with Gasteiger partial charge in [0, 0.05) is 12.7 Å². The van der Waals surface area contributed by atoms with Crippen molar-refractivity contribution < 1.29 is 32.3 Å². The van der Waals surface area contributed by atoms with Crippen LogP contribution in [0.3, 0.4) is 0 Å². The van der Waals surface area contributed by atoms with Crippen LogP contribution in [0, 0.1) is 5.92 Å². The minimum atomic E-state index is -4.59. The molecule has 2 aromatic carbocycles. The van der Waals surface area contributed by atoms with Crippen LogP contribution in [-0.2, 0) is 34.0 Å². The van der Waals surface area contributed by atoms with Crippen LogP contribution in [0.4, 0.5) is 23.7 Å². The molecule has 0 spiro atoms. The van der Waals surface area contributed by atoms with Gasteiger partial charge in [-0.25, -0.2) is 4.79 Å². The number of aryl methyl sites for hydroxylation is 1. The molecular formula is C25H22F3N3O5S. The van der Waals surface area contributed by atoms with Crippen molar-refractivity contribution in [2.75, 3.05) is 18.6 Å². The lowest BCUT2D eigenvalue weighted by Crippen LogP contribution is -2.60. The van der Waals surface area contributed by atoms with Gasteiger partial charge in [0.1, 0.15) is 0 Å². The Morgan fingerprint density at radius 2 is 1.89 bits per heavy atom. The maximum absolute atomic E-state index is 13.8. The fourth-order valence-corrected chi connectivity index (χ4v) is 6.11. The van der Waals surface area contributed by atoms with E-state index in [1.807, 2.05) is 0 Å². The molecule has 1 aliphatic carbocycles. The van der Waals surface area contributed by atoms with Crippen LogP contribution in [0.15, 0.2) is 41.2 Å². The molecule has 1 fully saturated rings. The number of esters is 1. The molecule has 2 heterocycles. The number of urea groups is 1. The second-order valence-electron chi connectivity index (χ2n) is 9.04. The molecule has 0 radical (unpaired) electrons. The van der Waals surface area contributed by atoms with Crippen molar-refractivity contribution in [1.29, 1.82) is 0 Å². The third kappa shape index (κ3) is 4.08. The van der Waals surface area contributed by atoms with Crippen molar-refractivity contribution >= 4 is 45.1 Å². The number of aromatic nitrogens is 1. The summed E-state index contributed by atoms with van der Waals surface area (Å²) in [4.78, 5) is 53.9. The molecule has 2 atom stereocenters. The molecule has 5 rings (SSSR count). The Bertz CT molecular complexity index is 1490. The standard InChI is InChI=1S/C25H22F3N3O5S/c1-29-19-10-9-13(11-20(19)37-24(29)35)30-12-16(22(33)36-2)21(32)31(23(30)34)18-8-4-5-14-15(18)6-3-7-17(14)25(26,27)28/h3,6-7,9-11,16,18H,4-5,8,12H2,1-2H3/t16?,18-/m0/s1. The third-order valence-electron chi connectivity index (χ3n) is 7.00. The van der Waals surface area contributed by atoms with Crippen LogP contribution in [0.2, 0.25) is 0 Å². The number of thiazole rings is 1. The van der Waals surface area contributed by atoms with E-state index in [4.69, 9.17) is 4.74 Å². The van der Waals surface area contributed by atoms with E-state index < -0.39 is 41.6 Å². The SMILES string of the molecule is COC(=O)C1CN(c2ccc3c(c2)sc(=O)n3C)C(=O)N([C@H]2CCCc3c2cccc3C(F)(F)F)C1=O. The molecule has 194 valence electrons. The molecule has 0 N–H and O–H groups in total. The minimum absolute atomic E-state index is 0.0501. The van der Waals surface area contributed by atoms with E-state index in [0.29, 0.717) is 22.3 Å². The first-order valence-electron chi connectivity index (χ1n) is 11.5. The maximum atomic E-state index is 13.8. The average Bonchev–Trinajstić information content (AvgIpc) is 3.15. The zero-order chi connectivity index (χ0) is 26.6. The number of hydrogen-bond donors (Lipinski definition) is 0. The number of rotatable bonds is 3. The molecule has 0 saturated carbocycles. The number of nitrogens with zero attached hydrogens (tertiary/aromatic N) is 3. The number of alkyl halides is 3. The number of imide groups is 1. The highest BCUT2D eigenvalue weighted by Gasteiger charge is 2.48. The summed E-state index contributed by atoms with van der Waals surface area (Å²) < 4.78 is 48.0. The first-order chi connectivity index (χ1) is 17.5. The molecule has 2 aliphatic rings. The number of fused-ring (bicyclic) bond motifs is 2. The average molecular weight is 534 g/mol. The number of halogens is 3. The second kappa shape index (κ2) is 9.02. The van der Waals surface area contributed by atoms with Crippen LogP contribution < -0.4 is 9.77 Å². The van der Waals surface area contributed by atoms with Crippen molar-refractivity contribution in [3.8, 4) is 0 Å². The highest BCUT2D eigenvalue weighted by Crippen LogP contribution is 2.43. The van der Waals surface area contributed by atoms with Gasteiger partial charge < -0.3 is 9.30 Å². The topological polar surface area (TPSA) is 88.9 Å². The van der Waals surface area contributed by atoms with Gasteiger partial charge in [0.15, 0.2) is 5.92 Å². The van der Waals surface area contributed by atoms with E-state index in [-0.39, 0.29) is 35.4 Å². The molecule has 12 heteroatoms. The highest BCUT2D eigenvalue weighted by atomic mass is 32.1. The van der Waals surface area contributed by atoms with Crippen molar-refractivity contribution in [2.45, 2.75) is 31.5 Å². The Hall–Kier alpha value is -3.67. The summed E-state index contributed by atoms with van der Waals surface area (Å²) in [5.74, 6) is -3.02. The largest absolute Gasteiger partial charge is 0.468 e. The molecule has 1 aliphatic heterocycles. The van der Waals surface area contributed by atoms with Crippen molar-refractivity contribution in [3.63, 3.8) is 0 Å². The van der Waals surface area contributed by atoms with Gasteiger partial charge in [0.25, 0.3) is 0 Å². The van der Waals surface area contributed by atoms with Gasteiger partial charge in [0.2, 0.25) is 5.91 Å². The van der Waals surface area contributed by atoms with E-state index in [1.54, 1.807) is 25.2 Å². The molecule has 1 saturated heterocycles. The fourth-order valence-electron chi connectivity index (χ4n) is 5.20. The number of amides is 3. The van der Waals surface area contributed by atoms with Crippen molar-refractivity contribution in [1.82, 2.24) is 9.47 Å². The van der Waals surface area contributed by atoms with Crippen LogP contribution in [0.5, 0.6) is 0 Å². The number of benzene rings is 2. The van der Waals surface area contributed by atoms with Crippen LogP contribution in [-0.4, -0.2) is 41.0 Å². The quantitative estimate of drug-likeness (QED) is 0.371. The molecular weight excluding hydrogens is 511 g/mol. The predicted octanol–water partition coefficient (Wildman–Crippen LogP) is 4.25. The van der Waals surface area contributed by atoms with Gasteiger partial charge in [-0.2, -0.15) is 13.2 Å². The Balaban J connectivity index is 1.61.